The van der Waals surface area contributed by atoms with Crippen molar-refractivity contribution in [2.45, 2.75) is 45.5 Å². The van der Waals surface area contributed by atoms with Gasteiger partial charge in [0.1, 0.15) is 29.8 Å². The molecule has 1 aliphatic rings. The van der Waals surface area contributed by atoms with Crippen LogP contribution in [0.3, 0.4) is 0 Å². The Kier molecular flexibility index (Phi) is 4.92. The van der Waals surface area contributed by atoms with Crippen LogP contribution in [-0.2, 0) is 17.8 Å². The maximum atomic E-state index is 10.9. The average molecular weight is 356 g/mol. The van der Waals surface area contributed by atoms with Crippen LogP contribution < -0.4 is 9.47 Å². The number of carboxylic acid groups (broad SMARTS) is 1. The minimum Gasteiger partial charge on any atom is -0.489 e. The number of aliphatic hydroxyl groups is 1. The van der Waals surface area contributed by atoms with Gasteiger partial charge in [0.2, 0.25) is 0 Å². The van der Waals surface area contributed by atoms with E-state index in [4.69, 9.17) is 14.6 Å². The van der Waals surface area contributed by atoms with Crippen molar-refractivity contribution in [3.8, 4) is 11.5 Å². The van der Waals surface area contributed by atoms with Gasteiger partial charge in [-0.05, 0) is 38.0 Å². The monoisotopic (exact) mass is 356 g/mol. The third kappa shape index (κ3) is 3.68. The second-order valence-corrected chi connectivity index (χ2v) is 7.32. The van der Waals surface area contributed by atoms with Crippen molar-refractivity contribution in [2.24, 2.45) is 5.92 Å². The van der Waals surface area contributed by atoms with Gasteiger partial charge in [0.25, 0.3) is 0 Å². The lowest BCUT2D eigenvalue weighted by molar-refractivity contribution is -0.141. The van der Waals surface area contributed by atoms with Crippen molar-refractivity contribution in [1.29, 1.82) is 0 Å². The summed E-state index contributed by atoms with van der Waals surface area (Å²) in [5.74, 6) is 0.179. The van der Waals surface area contributed by atoms with Crippen molar-refractivity contribution in [1.82, 2.24) is 0 Å². The summed E-state index contributed by atoms with van der Waals surface area (Å²) in [4.78, 5) is 10.9. The molecule has 2 N–H and O–H groups in total. The molecule has 0 aromatic heterocycles. The van der Waals surface area contributed by atoms with Crippen molar-refractivity contribution >= 4 is 5.97 Å². The van der Waals surface area contributed by atoms with Crippen molar-refractivity contribution in [2.75, 3.05) is 0 Å². The number of aliphatic carboxylic acids is 1. The maximum absolute atomic E-state index is 10.9. The molecule has 26 heavy (non-hydrogen) atoms. The van der Waals surface area contributed by atoms with Gasteiger partial charge in [-0.3, -0.25) is 4.79 Å². The lowest BCUT2D eigenvalue weighted by Crippen LogP contribution is -2.30. The van der Waals surface area contributed by atoms with E-state index in [2.05, 4.69) is 0 Å². The van der Waals surface area contributed by atoms with E-state index in [1.165, 1.54) is 0 Å². The molecule has 0 saturated heterocycles. The van der Waals surface area contributed by atoms with Gasteiger partial charge < -0.3 is 19.7 Å². The van der Waals surface area contributed by atoms with E-state index < -0.39 is 23.6 Å². The first-order valence-electron chi connectivity index (χ1n) is 8.71. The van der Waals surface area contributed by atoms with E-state index in [-0.39, 0.29) is 0 Å². The quantitative estimate of drug-likeness (QED) is 0.825. The van der Waals surface area contributed by atoms with Crippen molar-refractivity contribution in [3.63, 3.8) is 0 Å². The second kappa shape index (κ2) is 7.00. The summed E-state index contributed by atoms with van der Waals surface area (Å²) in [6.45, 7) is 5.74. The smallest absolute Gasteiger partial charge is 0.306 e. The highest BCUT2D eigenvalue weighted by Crippen LogP contribution is 2.44. The molecule has 0 aliphatic carbocycles. The lowest BCUT2D eigenvalue weighted by atomic mass is 9.97. The zero-order valence-electron chi connectivity index (χ0n) is 15.2. The largest absolute Gasteiger partial charge is 0.489 e. The standard InChI is InChI=1S/C21H24O5/c1-13(20(23)24)11-14-7-9-16(10-8-14)25-12-15-5-4-6-17-18(15)26-21(2,3)19(17)22/h4-10,13,19,22H,11-12H2,1-3H3,(H,23,24). The number of carboxylic acids is 1. The van der Waals surface area contributed by atoms with Gasteiger partial charge in [-0.25, -0.2) is 0 Å². The molecule has 0 fully saturated rings. The van der Waals surface area contributed by atoms with Crippen molar-refractivity contribution in [3.05, 3.63) is 59.2 Å². The summed E-state index contributed by atoms with van der Waals surface area (Å²) in [6, 6.07) is 13.1. The molecule has 2 atom stereocenters. The summed E-state index contributed by atoms with van der Waals surface area (Å²) in [7, 11) is 0. The molecule has 1 aliphatic heterocycles. The fraction of sp³-hybridized carbons (Fsp3) is 0.381. The Morgan fingerprint density at radius 1 is 1.23 bits per heavy atom. The number of aliphatic hydroxyl groups excluding tert-OH is 1. The Bertz CT molecular complexity index is 795. The summed E-state index contributed by atoms with van der Waals surface area (Å²) in [6.07, 6.45) is -0.171. The Hall–Kier alpha value is -2.53. The number of rotatable bonds is 6. The summed E-state index contributed by atoms with van der Waals surface area (Å²) in [5, 5.41) is 19.3. The molecule has 2 aromatic carbocycles. The van der Waals surface area contributed by atoms with Gasteiger partial charge in [0.15, 0.2) is 0 Å². The van der Waals surface area contributed by atoms with Crippen LogP contribution in [-0.4, -0.2) is 21.8 Å². The predicted octanol–water partition coefficient (Wildman–Crippen LogP) is 3.73. The van der Waals surface area contributed by atoms with Crippen LogP contribution in [0.1, 0.15) is 43.6 Å². The molecular weight excluding hydrogens is 332 g/mol. The van der Waals surface area contributed by atoms with Gasteiger partial charge in [-0.15, -0.1) is 0 Å². The predicted molar refractivity (Wildman–Crippen MR) is 97.4 cm³/mol. The van der Waals surface area contributed by atoms with Gasteiger partial charge in [0.05, 0.1) is 5.92 Å². The number of para-hydroxylation sites is 1. The molecule has 0 bridgehead atoms. The summed E-state index contributed by atoms with van der Waals surface area (Å²) >= 11 is 0. The molecule has 0 spiro atoms. The second-order valence-electron chi connectivity index (χ2n) is 7.32. The Morgan fingerprint density at radius 3 is 2.58 bits per heavy atom. The highest BCUT2D eigenvalue weighted by Gasteiger charge is 2.40. The van der Waals surface area contributed by atoms with Gasteiger partial charge >= 0.3 is 5.97 Å². The number of benzene rings is 2. The number of carbonyl (C=O) groups is 1. The average Bonchev–Trinajstić information content (AvgIpc) is 2.84. The van der Waals surface area contributed by atoms with E-state index in [0.717, 1.165) is 16.7 Å². The third-order valence-corrected chi connectivity index (χ3v) is 4.73. The number of hydrogen-bond donors (Lipinski definition) is 2. The molecule has 1 heterocycles. The number of ether oxygens (including phenoxy) is 2. The molecule has 2 aromatic rings. The fourth-order valence-corrected chi connectivity index (χ4v) is 3.08. The molecule has 2 unspecified atom stereocenters. The van der Waals surface area contributed by atoms with E-state index >= 15 is 0 Å². The Morgan fingerprint density at radius 2 is 1.92 bits per heavy atom. The minimum atomic E-state index is -0.798. The highest BCUT2D eigenvalue weighted by atomic mass is 16.5. The Labute approximate surface area is 153 Å². The van der Waals surface area contributed by atoms with E-state index in [1.807, 2.05) is 56.3 Å². The maximum Gasteiger partial charge on any atom is 0.306 e. The third-order valence-electron chi connectivity index (χ3n) is 4.73. The zero-order valence-corrected chi connectivity index (χ0v) is 15.2. The van der Waals surface area contributed by atoms with E-state index in [1.54, 1.807) is 6.92 Å². The van der Waals surface area contributed by atoms with Crippen LogP contribution in [0.5, 0.6) is 11.5 Å². The van der Waals surface area contributed by atoms with Crippen LogP contribution in [0.2, 0.25) is 0 Å². The summed E-state index contributed by atoms with van der Waals surface area (Å²) in [5.41, 5.74) is 1.98. The highest BCUT2D eigenvalue weighted by molar-refractivity contribution is 5.69. The van der Waals surface area contributed by atoms with Gasteiger partial charge in [-0.1, -0.05) is 37.3 Å². The molecule has 0 saturated carbocycles. The van der Waals surface area contributed by atoms with Crippen molar-refractivity contribution < 1.29 is 24.5 Å². The first-order valence-corrected chi connectivity index (χ1v) is 8.71. The van der Waals surface area contributed by atoms with Crippen LogP contribution in [0.4, 0.5) is 0 Å². The number of fused-ring (bicyclic) bond motifs is 1. The van der Waals surface area contributed by atoms with Crippen LogP contribution in [0.15, 0.2) is 42.5 Å². The van der Waals surface area contributed by atoms with E-state index in [0.29, 0.717) is 24.5 Å². The first kappa shape index (κ1) is 18.3. The van der Waals surface area contributed by atoms with Gasteiger partial charge in [0, 0.05) is 11.1 Å². The normalized spacial score (nSPS) is 18.7. The molecular formula is C21H24O5. The van der Waals surface area contributed by atoms with Crippen LogP contribution in [0, 0.1) is 5.92 Å². The fourth-order valence-electron chi connectivity index (χ4n) is 3.08. The first-order chi connectivity index (χ1) is 12.3. The van der Waals surface area contributed by atoms with Crippen LogP contribution in [0.25, 0.3) is 0 Å². The van der Waals surface area contributed by atoms with E-state index in [9.17, 15) is 9.90 Å². The molecule has 5 nitrogen and oxygen atoms in total. The molecule has 0 radical (unpaired) electrons. The molecule has 0 amide bonds. The summed E-state index contributed by atoms with van der Waals surface area (Å²) < 4.78 is 11.8. The minimum absolute atomic E-state index is 0.330. The molecule has 138 valence electrons. The van der Waals surface area contributed by atoms with Gasteiger partial charge in [-0.2, -0.15) is 0 Å². The molecule has 3 rings (SSSR count). The Balaban J connectivity index is 1.67. The van der Waals surface area contributed by atoms with Crippen LogP contribution >= 0.6 is 0 Å². The lowest BCUT2D eigenvalue weighted by Gasteiger charge is -2.22. The molecule has 5 heteroatoms. The number of hydrogen-bond acceptors (Lipinski definition) is 4. The zero-order chi connectivity index (χ0) is 18.9. The topological polar surface area (TPSA) is 76.0 Å². The SMILES string of the molecule is CC(Cc1ccc(OCc2cccc3c2OC(C)(C)C3O)cc1)C(=O)O.